The molecule has 0 fully saturated rings. The average Bonchev–Trinajstić information content (AvgIpc) is 3.46. The third-order valence-corrected chi connectivity index (χ3v) is 10.2. The van der Waals surface area contributed by atoms with E-state index in [1.807, 2.05) is 0 Å². The van der Waals surface area contributed by atoms with Crippen molar-refractivity contribution >= 4 is 17.1 Å². The Morgan fingerprint density at radius 3 is 0.544 bits per heavy atom. The van der Waals surface area contributed by atoms with Crippen LogP contribution in [-0.4, -0.2) is 345 Å². The SMILES string of the molecule is COCCOCCOCCOCCOCCOCCOCCOCCOCCOCCOCCOCCOCCOCCOCCOCCOCCOCCOCCOCCOCCOCCOCCOC(=O)SCC(O)CO. The van der Waals surface area contributed by atoms with E-state index in [9.17, 15) is 9.90 Å². The van der Waals surface area contributed by atoms with Crippen LogP contribution in [0, 0.1) is 0 Å². The molecule has 0 amide bonds. The monoisotopic (exact) mass is 1180 g/mol. The third-order valence-electron chi connectivity index (χ3n) is 9.30. The summed E-state index contributed by atoms with van der Waals surface area (Å²) >= 11 is 0.804. The first-order chi connectivity index (χ1) is 39.2. The Labute approximate surface area is 474 Å². The van der Waals surface area contributed by atoms with Gasteiger partial charge < -0.3 is 124 Å². The highest BCUT2D eigenvalue weighted by molar-refractivity contribution is 8.13. The molecule has 0 bridgehead atoms. The zero-order valence-corrected chi connectivity index (χ0v) is 48.3. The molecule has 0 aliphatic carbocycles. The summed E-state index contributed by atoms with van der Waals surface area (Å²) < 4.78 is 130. The van der Waals surface area contributed by atoms with Gasteiger partial charge in [-0.15, -0.1) is 0 Å². The van der Waals surface area contributed by atoms with Gasteiger partial charge in [-0.05, 0) is 11.8 Å². The van der Waals surface area contributed by atoms with Crippen LogP contribution in [0.15, 0.2) is 0 Å². The highest BCUT2D eigenvalue weighted by Gasteiger charge is 2.09. The summed E-state index contributed by atoms with van der Waals surface area (Å²) in [5.41, 5.74) is 0. The largest absolute Gasteiger partial charge is 0.455 e. The van der Waals surface area contributed by atoms with Gasteiger partial charge in [0.25, 0.3) is 0 Å². The molecule has 1 unspecified atom stereocenters. The van der Waals surface area contributed by atoms with Crippen molar-refractivity contribution in [3.05, 3.63) is 0 Å². The van der Waals surface area contributed by atoms with Gasteiger partial charge in [-0.1, -0.05) is 0 Å². The Hall–Kier alpha value is -1.18. The van der Waals surface area contributed by atoms with E-state index in [4.69, 9.17) is 119 Å². The number of hydrogen-bond acceptors (Lipinski definition) is 28. The van der Waals surface area contributed by atoms with Crippen LogP contribution in [0.25, 0.3) is 0 Å². The van der Waals surface area contributed by atoms with E-state index in [-0.39, 0.29) is 19.0 Å². The molecule has 0 rings (SSSR count). The maximum Gasteiger partial charge on any atom is 0.367 e. The minimum Gasteiger partial charge on any atom is -0.455 e. The van der Waals surface area contributed by atoms with E-state index in [1.165, 1.54) is 0 Å². The second-order valence-electron chi connectivity index (χ2n) is 15.7. The number of aliphatic hydroxyl groups excluding tert-OH is 2. The summed E-state index contributed by atoms with van der Waals surface area (Å²) in [6.45, 7) is 21.2. The van der Waals surface area contributed by atoms with Crippen LogP contribution >= 0.6 is 11.8 Å². The lowest BCUT2D eigenvalue weighted by molar-refractivity contribution is -0.0318. The van der Waals surface area contributed by atoms with Crippen LogP contribution in [-0.2, 0) is 114 Å². The zero-order chi connectivity index (χ0) is 56.8. The van der Waals surface area contributed by atoms with Crippen molar-refractivity contribution in [3.8, 4) is 0 Å². The molecule has 0 radical (unpaired) electrons. The first kappa shape index (κ1) is 77.8. The van der Waals surface area contributed by atoms with Crippen molar-refractivity contribution in [1.82, 2.24) is 0 Å². The fourth-order valence-electron chi connectivity index (χ4n) is 5.31. The van der Waals surface area contributed by atoms with Crippen molar-refractivity contribution < 1.29 is 129 Å². The second-order valence-corrected chi connectivity index (χ2v) is 16.7. The predicted molar refractivity (Wildman–Crippen MR) is 287 cm³/mol. The lowest BCUT2D eigenvalue weighted by Gasteiger charge is -2.09. The molecule has 0 spiro atoms. The quantitative estimate of drug-likeness (QED) is 0.0609. The molecule has 2 N–H and O–H groups in total. The lowest BCUT2D eigenvalue weighted by atomic mass is 10.4. The summed E-state index contributed by atoms with van der Waals surface area (Å²) in [5.74, 6) is 0.0802. The number of hydrogen-bond donors (Lipinski definition) is 2. The minimum absolute atomic E-state index is 0.0802. The smallest absolute Gasteiger partial charge is 0.367 e. The first-order valence-corrected chi connectivity index (χ1v) is 28.5. The normalized spacial score (nSPS) is 12.1. The molecule has 0 aliphatic rings. The molecule has 1 atom stereocenters. The number of ether oxygens (including phenoxy) is 24. The van der Waals surface area contributed by atoms with Gasteiger partial charge in [-0.3, -0.25) is 0 Å². The molecule has 27 nitrogen and oxygen atoms in total. The summed E-state index contributed by atoms with van der Waals surface area (Å²) in [4.78, 5) is 11.4. The molecule has 0 aromatic carbocycles. The van der Waals surface area contributed by atoms with Gasteiger partial charge in [-0.2, -0.15) is 0 Å². The standard InChI is InChI=1S/C51H102O27S/c1-55-2-3-56-4-5-57-6-7-58-8-9-59-10-11-60-12-13-61-14-15-62-16-17-63-18-19-64-20-21-65-22-23-66-24-25-67-26-27-68-28-29-69-30-31-70-32-33-71-34-35-72-36-37-73-38-39-74-40-41-75-42-43-76-44-45-77-46-47-78-51(54)79-49-50(53)48-52/h50,52-53H,2-49H2,1H3. The first-order valence-electron chi connectivity index (χ1n) is 27.5. The molecule has 0 saturated heterocycles. The summed E-state index contributed by atoms with van der Waals surface area (Å²) in [5, 5.41) is 17.4. The van der Waals surface area contributed by atoms with Gasteiger partial charge in [0.15, 0.2) is 0 Å². The highest BCUT2D eigenvalue weighted by Crippen LogP contribution is 2.07. The van der Waals surface area contributed by atoms with Gasteiger partial charge in [-0.25, -0.2) is 4.79 Å². The number of aliphatic hydroxyl groups is 2. The number of methoxy groups -OCH3 is 1. The summed E-state index contributed by atoms with van der Waals surface area (Å²) in [6.07, 6.45) is -0.945. The van der Waals surface area contributed by atoms with Crippen LogP contribution in [0.4, 0.5) is 4.79 Å². The maximum absolute atomic E-state index is 11.4. The van der Waals surface area contributed by atoms with Gasteiger partial charge in [0.05, 0.1) is 310 Å². The second kappa shape index (κ2) is 72.9. The Balaban J connectivity index is 3.10. The summed E-state index contributed by atoms with van der Waals surface area (Å²) in [6, 6.07) is 0. The van der Waals surface area contributed by atoms with Crippen LogP contribution in [0.1, 0.15) is 0 Å². The number of carbonyl (C=O) groups excluding carboxylic acids is 1. The Bertz CT molecular complexity index is 1120. The molecule has 0 aromatic rings. The predicted octanol–water partition coefficient (Wildman–Crippen LogP) is 0.221. The molecule has 0 saturated carbocycles. The fourth-order valence-corrected chi connectivity index (χ4v) is 5.91. The fraction of sp³-hybridized carbons (Fsp3) is 0.980. The highest BCUT2D eigenvalue weighted by atomic mass is 32.2. The van der Waals surface area contributed by atoms with Gasteiger partial charge in [0.1, 0.15) is 6.61 Å². The van der Waals surface area contributed by atoms with E-state index < -0.39 is 18.0 Å². The Morgan fingerprint density at radius 2 is 0.405 bits per heavy atom. The van der Waals surface area contributed by atoms with Crippen molar-refractivity contribution in [2.75, 3.05) is 323 Å². The van der Waals surface area contributed by atoms with Crippen LogP contribution < -0.4 is 0 Å². The van der Waals surface area contributed by atoms with Crippen molar-refractivity contribution in [3.63, 3.8) is 0 Å². The Morgan fingerprint density at radius 1 is 0.266 bits per heavy atom. The third kappa shape index (κ3) is 72.9. The van der Waals surface area contributed by atoms with E-state index in [1.54, 1.807) is 7.11 Å². The number of carbonyl (C=O) groups is 1. The topological polar surface area (TPSA) is 279 Å². The molecule has 0 aromatic heterocycles. The number of rotatable bonds is 72. The Kier molecular flexibility index (Phi) is 71.8. The average molecular weight is 1180 g/mol. The lowest BCUT2D eigenvalue weighted by Crippen LogP contribution is -2.17. The number of thioether (sulfide) groups is 1. The molecule has 79 heavy (non-hydrogen) atoms. The maximum atomic E-state index is 11.4. The molecule has 0 heterocycles. The molecular weight excluding hydrogens is 1080 g/mol. The van der Waals surface area contributed by atoms with Crippen LogP contribution in [0.3, 0.4) is 0 Å². The molecule has 0 aliphatic heterocycles. The van der Waals surface area contributed by atoms with Gasteiger partial charge >= 0.3 is 5.30 Å². The van der Waals surface area contributed by atoms with Crippen LogP contribution in [0.5, 0.6) is 0 Å². The van der Waals surface area contributed by atoms with E-state index in [2.05, 4.69) is 0 Å². The van der Waals surface area contributed by atoms with Gasteiger partial charge in [0, 0.05) is 12.9 Å². The zero-order valence-electron chi connectivity index (χ0n) is 47.5. The minimum atomic E-state index is -0.945. The molecule has 28 heteroatoms. The summed E-state index contributed by atoms with van der Waals surface area (Å²) in [7, 11) is 1.64. The van der Waals surface area contributed by atoms with Crippen molar-refractivity contribution in [1.29, 1.82) is 0 Å². The van der Waals surface area contributed by atoms with Gasteiger partial charge in [0.2, 0.25) is 0 Å². The van der Waals surface area contributed by atoms with Crippen molar-refractivity contribution in [2.45, 2.75) is 6.10 Å². The van der Waals surface area contributed by atoms with Crippen LogP contribution in [0.2, 0.25) is 0 Å². The van der Waals surface area contributed by atoms with E-state index in [0.717, 1.165) is 11.8 Å². The van der Waals surface area contributed by atoms with Crippen molar-refractivity contribution in [2.24, 2.45) is 0 Å². The molecular formula is C51H102O27S. The molecule has 474 valence electrons. The van der Waals surface area contributed by atoms with E-state index in [0.29, 0.717) is 291 Å². The van der Waals surface area contributed by atoms with E-state index >= 15 is 0 Å².